The summed E-state index contributed by atoms with van der Waals surface area (Å²) in [5.41, 5.74) is 2.97. The normalized spacial score (nSPS) is 12.3. The summed E-state index contributed by atoms with van der Waals surface area (Å²) in [6, 6.07) is 11.7. The van der Waals surface area contributed by atoms with Crippen LogP contribution in [0.4, 0.5) is 5.69 Å². The van der Waals surface area contributed by atoms with Gasteiger partial charge in [-0.1, -0.05) is 11.6 Å². The van der Waals surface area contributed by atoms with Gasteiger partial charge >= 0.3 is 0 Å². The standard InChI is InChI=1S/C16H15ClN2OS/c1-10-5-6-12(11(2)18-10)19-16(13-4-3-9-20-13)14-7-8-15(17)21-14/h3-9,16,19H,1-2H3. The first-order valence-corrected chi connectivity index (χ1v) is 7.82. The second kappa shape index (κ2) is 5.92. The third kappa shape index (κ3) is 3.12. The quantitative estimate of drug-likeness (QED) is 0.717. The molecule has 0 amide bonds. The van der Waals surface area contributed by atoms with Crippen molar-refractivity contribution in [3.63, 3.8) is 0 Å². The number of nitrogens with one attached hydrogen (secondary N) is 1. The predicted molar refractivity (Wildman–Crippen MR) is 87.2 cm³/mol. The van der Waals surface area contributed by atoms with Crippen molar-refractivity contribution >= 4 is 28.6 Å². The Morgan fingerprint density at radius 3 is 2.67 bits per heavy atom. The van der Waals surface area contributed by atoms with Crippen molar-refractivity contribution in [2.45, 2.75) is 19.9 Å². The highest BCUT2D eigenvalue weighted by Crippen LogP contribution is 2.34. The maximum Gasteiger partial charge on any atom is 0.131 e. The average molecular weight is 319 g/mol. The molecule has 0 aliphatic carbocycles. The molecule has 0 fully saturated rings. The van der Waals surface area contributed by atoms with E-state index in [0.717, 1.165) is 32.0 Å². The highest BCUT2D eigenvalue weighted by Gasteiger charge is 2.19. The van der Waals surface area contributed by atoms with E-state index in [1.165, 1.54) is 0 Å². The predicted octanol–water partition coefficient (Wildman–Crippen LogP) is 5.21. The van der Waals surface area contributed by atoms with E-state index in [2.05, 4.69) is 10.3 Å². The lowest BCUT2D eigenvalue weighted by atomic mass is 10.1. The number of rotatable bonds is 4. The van der Waals surface area contributed by atoms with E-state index < -0.39 is 0 Å². The molecule has 21 heavy (non-hydrogen) atoms. The Labute approximate surface area is 132 Å². The minimum Gasteiger partial charge on any atom is -0.467 e. The lowest BCUT2D eigenvalue weighted by Crippen LogP contribution is -2.11. The topological polar surface area (TPSA) is 38.1 Å². The molecule has 0 spiro atoms. The maximum absolute atomic E-state index is 6.07. The molecule has 3 aromatic rings. The third-order valence-electron chi connectivity index (χ3n) is 3.23. The molecular formula is C16H15ClN2OS. The maximum atomic E-state index is 6.07. The van der Waals surface area contributed by atoms with Crippen LogP contribution in [0.25, 0.3) is 0 Å². The summed E-state index contributed by atoms with van der Waals surface area (Å²) in [7, 11) is 0. The number of hydrogen-bond acceptors (Lipinski definition) is 4. The molecule has 0 radical (unpaired) electrons. The van der Waals surface area contributed by atoms with Crippen molar-refractivity contribution in [3.8, 4) is 0 Å². The van der Waals surface area contributed by atoms with Crippen molar-refractivity contribution in [1.82, 2.24) is 4.98 Å². The molecule has 108 valence electrons. The van der Waals surface area contributed by atoms with E-state index in [1.807, 2.05) is 50.2 Å². The van der Waals surface area contributed by atoms with Crippen LogP contribution < -0.4 is 5.32 Å². The number of anilines is 1. The van der Waals surface area contributed by atoms with E-state index in [4.69, 9.17) is 16.0 Å². The number of hydrogen-bond donors (Lipinski definition) is 1. The fourth-order valence-corrected chi connectivity index (χ4v) is 3.34. The number of nitrogens with zero attached hydrogens (tertiary/aromatic N) is 1. The van der Waals surface area contributed by atoms with Crippen molar-refractivity contribution in [2.24, 2.45) is 0 Å². The van der Waals surface area contributed by atoms with Gasteiger partial charge in [0.05, 0.1) is 22.0 Å². The molecule has 0 aliphatic heterocycles. The molecule has 0 saturated heterocycles. The molecule has 3 heterocycles. The van der Waals surface area contributed by atoms with Gasteiger partial charge < -0.3 is 9.73 Å². The summed E-state index contributed by atoms with van der Waals surface area (Å²) in [5.74, 6) is 0.855. The Hall–Kier alpha value is -1.78. The van der Waals surface area contributed by atoms with Crippen LogP contribution in [-0.2, 0) is 0 Å². The van der Waals surface area contributed by atoms with Crippen LogP contribution in [0.1, 0.15) is 28.1 Å². The fraction of sp³-hybridized carbons (Fsp3) is 0.188. The van der Waals surface area contributed by atoms with E-state index in [1.54, 1.807) is 17.6 Å². The van der Waals surface area contributed by atoms with Gasteiger partial charge in [0, 0.05) is 10.6 Å². The van der Waals surface area contributed by atoms with Crippen LogP contribution in [0.2, 0.25) is 4.34 Å². The average Bonchev–Trinajstić information content (AvgIpc) is 3.09. The molecule has 5 heteroatoms. The van der Waals surface area contributed by atoms with Crippen molar-refractivity contribution in [1.29, 1.82) is 0 Å². The molecule has 3 nitrogen and oxygen atoms in total. The Balaban J connectivity index is 1.96. The zero-order chi connectivity index (χ0) is 14.8. The number of furan rings is 1. The molecule has 0 aromatic carbocycles. The first kappa shape index (κ1) is 14.2. The number of pyridine rings is 1. The SMILES string of the molecule is Cc1ccc(NC(c2ccco2)c2ccc(Cl)s2)c(C)n1. The zero-order valence-corrected chi connectivity index (χ0v) is 13.3. The van der Waals surface area contributed by atoms with Gasteiger partial charge in [-0.25, -0.2) is 0 Å². The van der Waals surface area contributed by atoms with Gasteiger partial charge in [-0.15, -0.1) is 11.3 Å². The lowest BCUT2D eigenvalue weighted by Gasteiger charge is -2.18. The van der Waals surface area contributed by atoms with Gasteiger partial charge in [-0.3, -0.25) is 4.98 Å². The summed E-state index contributed by atoms with van der Waals surface area (Å²) in [6.07, 6.45) is 1.68. The minimum absolute atomic E-state index is 0.0688. The van der Waals surface area contributed by atoms with Crippen LogP contribution in [0.15, 0.2) is 47.1 Å². The van der Waals surface area contributed by atoms with Crippen molar-refractivity contribution in [3.05, 3.63) is 69.0 Å². The van der Waals surface area contributed by atoms with E-state index in [9.17, 15) is 0 Å². The molecule has 1 atom stereocenters. The highest BCUT2D eigenvalue weighted by atomic mass is 35.5. The highest BCUT2D eigenvalue weighted by molar-refractivity contribution is 7.16. The van der Waals surface area contributed by atoms with Crippen LogP contribution >= 0.6 is 22.9 Å². The van der Waals surface area contributed by atoms with Gasteiger partial charge in [-0.2, -0.15) is 0 Å². The Kier molecular flexibility index (Phi) is 3.99. The Morgan fingerprint density at radius 2 is 2.05 bits per heavy atom. The summed E-state index contributed by atoms with van der Waals surface area (Å²) < 4.78 is 6.34. The number of thiophene rings is 1. The Morgan fingerprint density at radius 1 is 1.19 bits per heavy atom. The lowest BCUT2D eigenvalue weighted by molar-refractivity contribution is 0.500. The second-order valence-electron chi connectivity index (χ2n) is 4.82. The zero-order valence-electron chi connectivity index (χ0n) is 11.8. The molecule has 3 aromatic heterocycles. The summed E-state index contributed by atoms with van der Waals surface area (Å²) in [4.78, 5) is 5.60. The largest absolute Gasteiger partial charge is 0.467 e. The van der Waals surface area contributed by atoms with E-state index >= 15 is 0 Å². The van der Waals surface area contributed by atoms with Crippen LogP contribution in [0, 0.1) is 13.8 Å². The molecule has 1 unspecified atom stereocenters. The summed E-state index contributed by atoms with van der Waals surface area (Å²) in [5, 5.41) is 3.50. The van der Waals surface area contributed by atoms with Gasteiger partial charge in [0.15, 0.2) is 0 Å². The monoisotopic (exact) mass is 318 g/mol. The third-order valence-corrected chi connectivity index (χ3v) is 4.53. The molecule has 0 bridgehead atoms. The first-order chi connectivity index (χ1) is 10.1. The minimum atomic E-state index is -0.0688. The van der Waals surface area contributed by atoms with Crippen LogP contribution in [-0.4, -0.2) is 4.98 Å². The van der Waals surface area contributed by atoms with Gasteiger partial charge in [0.25, 0.3) is 0 Å². The van der Waals surface area contributed by atoms with Crippen LogP contribution in [0.3, 0.4) is 0 Å². The molecular weight excluding hydrogens is 304 g/mol. The van der Waals surface area contributed by atoms with Crippen molar-refractivity contribution < 1.29 is 4.42 Å². The number of aromatic nitrogens is 1. The van der Waals surface area contributed by atoms with E-state index in [0.29, 0.717) is 0 Å². The molecule has 0 aliphatic rings. The van der Waals surface area contributed by atoms with Gasteiger partial charge in [-0.05, 0) is 50.2 Å². The summed E-state index contributed by atoms with van der Waals surface area (Å²) in [6.45, 7) is 3.98. The van der Waals surface area contributed by atoms with E-state index in [-0.39, 0.29) is 6.04 Å². The smallest absolute Gasteiger partial charge is 0.131 e. The summed E-state index contributed by atoms with van der Waals surface area (Å²) >= 11 is 7.61. The van der Waals surface area contributed by atoms with Crippen molar-refractivity contribution in [2.75, 3.05) is 5.32 Å². The molecule has 1 N–H and O–H groups in total. The molecule has 3 rings (SSSR count). The first-order valence-electron chi connectivity index (χ1n) is 6.63. The number of halogens is 1. The van der Waals surface area contributed by atoms with Gasteiger partial charge in [0.1, 0.15) is 11.8 Å². The Bertz CT molecular complexity index is 737. The second-order valence-corrected chi connectivity index (χ2v) is 6.57. The van der Waals surface area contributed by atoms with Gasteiger partial charge in [0.2, 0.25) is 0 Å². The molecule has 0 saturated carbocycles. The fourth-order valence-electron chi connectivity index (χ4n) is 2.22. The van der Waals surface area contributed by atoms with Crippen LogP contribution in [0.5, 0.6) is 0 Å². The number of aryl methyl sites for hydroxylation is 2.